The Balaban J connectivity index is 1.78. The lowest BCUT2D eigenvalue weighted by Crippen LogP contribution is -2.30. The van der Waals surface area contributed by atoms with Crippen LogP contribution in [0.1, 0.15) is 34.0 Å². The van der Waals surface area contributed by atoms with Crippen molar-refractivity contribution in [3.05, 3.63) is 102 Å². The molecule has 0 aliphatic rings. The third-order valence-electron chi connectivity index (χ3n) is 4.70. The molecule has 0 aliphatic carbocycles. The third-order valence-corrected chi connectivity index (χ3v) is 4.70. The van der Waals surface area contributed by atoms with E-state index in [1.165, 1.54) is 0 Å². The summed E-state index contributed by atoms with van der Waals surface area (Å²) in [6, 6.07) is 18.3. The highest BCUT2D eigenvalue weighted by molar-refractivity contribution is 5.95. The van der Waals surface area contributed by atoms with Crippen LogP contribution in [-0.4, -0.2) is 28.9 Å². The predicted molar refractivity (Wildman–Crippen MR) is 122 cm³/mol. The molecule has 1 amide bonds. The summed E-state index contributed by atoms with van der Waals surface area (Å²) < 4.78 is 11.6. The quantitative estimate of drug-likeness (QED) is 0.436. The molecule has 0 unspecified atom stereocenters. The van der Waals surface area contributed by atoms with Gasteiger partial charge >= 0.3 is 0 Å². The van der Waals surface area contributed by atoms with E-state index in [2.05, 4.69) is 17.6 Å². The van der Waals surface area contributed by atoms with Gasteiger partial charge in [-0.25, -0.2) is 0 Å². The zero-order valence-electron chi connectivity index (χ0n) is 18.0. The van der Waals surface area contributed by atoms with Crippen molar-refractivity contribution in [2.75, 3.05) is 13.2 Å². The van der Waals surface area contributed by atoms with Crippen molar-refractivity contribution in [2.24, 2.45) is 0 Å². The second-order valence-electron chi connectivity index (χ2n) is 7.03. The van der Waals surface area contributed by atoms with Crippen molar-refractivity contribution < 1.29 is 14.3 Å². The van der Waals surface area contributed by atoms with Crippen LogP contribution < -0.4 is 9.47 Å². The van der Waals surface area contributed by atoms with Crippen LogP contribution in [0.4, 0.5) is 0 Å². The number of hydrogen-bond donors (Lipinski definition) is 0. The Morgan fingerprint density at radius 2 is 1.94 bits per heavy atom. The lowest BCUT2D eigenvalue weighted by atomic mass is 10.1. The number of benzene rings is 2. The summed E-state index contributed by atoms with van der Waals surface area (Å²) in [5.74, 6) is 0.933. The van der Waals surface area contributed by atoms with Gasteiger partial charge in [0.25, 0.3) is 5.91 Å². The summed E-state index contributed by atoms with van der Waals surface area (Å²) in [5.41, 5.74) is 2.95. The molecule has 162 valence electrons. The summed E-state index contributed by atoms with van der Waals surface area (Å²) in [7, 11) is 0. The molecule has 6 nitrogen and oxygen atoms in total. The van der Waals surface area contributed by atoms with Gasteiger partial charge in [0.2, 0.25) is 0 Å². The Morgan fingerprint density at radius 3 is 2.59 bits per heavy atom. The fourth-order valence-electron chi connectivity index (χ4n) is 3.14. The predicted octanol–water partition coefficient (Wildman–Crippen LogP) is 4.76. The zero-order chi connectivity index (χ0) is 22.8. The van der Waals surface area contributed by atoms with E-state index in [1.54, 1.807) is 53.7 Å². The Labute approximate surface area is 188 Å². The summed E-state index contributed by atoms with van der Waals surface area (Å²) in [4.78, 5) is 19.0. The number of nitriles is 1. The van der Waals surface area contributed by atoms with Crippen molar-refractivity contribution in [2.45, 2.75) is 20.1 Å². The average Bonchev–Trinajstić information content (AvgIpc) is 2.84. The zero-order valence-corrected chi connectivity index (χ0v) is 18.0. The number of amides is 1. The number of carbonyl (C=O) groups is 1. The fraction of sp³-hybridized carbons (Fsp3) is 0.192. The van der Waals surface area contributed by atoms with E-state index in [0.717, 1.165) is 11.1 Å². The van der Waals surface area contributed by atoms with Gasteiger partial charge in [-0.1, -0.05) is 24.3 Å². The molecule has 0 bridgehead atoms. The summed E-state index contributed by atoms with van der Waals surface area (Å²) in [6.07, 6.45) is 5.15. The van der Waals surface area contributed by atoms with Gasteiger partial charge in [-0.2, -0.15) is 5.26 Å². The lowest BCUT2D eigenvalue weighted by molar-refractivity contribution is 0.0762. The van der Waals surface area contributed by atoms with Crippen LogP contribution in [-0.2, 0) is 13.2 Å². The number of aromatic nitrogens is 1. The third kappa shape index (κ3) is 5.96. The largest absolute Gasteiger partial charge is 0.490 e. The smallest absolute Gasteiger partial charge is 0.254 e. The molecular formula is C26H25N3O3. The molecule has 3 aromatic rings. The van der Waals surface area contributed by atoms with Crippen LogP contribution >= 0.6 is 0 Å². The van der Waals surface area contributed by atoms with Gasteiger partial charge in [-0.15, -0.1) is 6.58 Å². The number of carbonyl (C=O) groups excluding carboxylic acids is 1. The fourth-order valence-corrected chi connectivity index (χ4v) is 3.14. The molecule has 32 heavy (non-hydrogen) atoms. The van der Waals surface area contributed by atoms with Crippen molar-refractivity contribution in [3.8, 4) is 17.6 Å². The van der Waals surface area contributed by atoms with Gasteiger partial charge in [-0.05, 0) is 48.9 Å². The molecule has 0 saturated heterocycles. The first-order chi connectivity index (χ1) is 15.6. The monoisotopic (exact) mass is 427 g/mol. The average molecular weight is 428 g/mol. The maximum absolute atomic E-state index is 13.2. The highest BCUT2D eigenvalue weighted by Gasteiger charge is 2.18. The molecule has 0 fully saturated rings. The molecule has 6 heteroatoms. The highest BCUT2D eigenvalue weighted by Crippen LogP contribution is 2.30. The van der Waals surface area contributed by atoms with E-state index in [0.29, 0.717) is 48.9 Å². The topological polar surface area (TPSA) is 75.5 Å². The highest BCUT2D eigenvalue weighted by atomic mass is 16.5. The second kappa shape index (κ2) is 11.3. The van der Waals surface area contributed by atoms with E-state index in [4.69, 9.17) is 14.7 Å². The first-order valence-corrected chi connectivity index (χ1v) is 10.3. The maximum atomic E-state index is 13.2. The number of nitrogens with zero attached hydrogens (tertiary/aromatic N) is 3. The maximum Gasteiger partial charge on any atom is 0.254 e. The molecule has 3 rings (SSSR count). The minimum absolute atomic E-state index is 0.144. The molecule has 0 saturated carbocycles. The summed E-state index contributed by atoms with van der Waals surface area (Å²) in [5, 5.41) is 8.97. The minimum Gasteiger partial charge on any atom is -0.490 e. The Morgan fingerprint density at radius 1 is 1.12 bits per heavy atom. The van der Waals surface area contributed by atoms with Gasteiger partial charge in [0.1, 0.15) is 6.61 Å². The van der Waals surface area contributed by atoms with E-state index in [-0.39, 0.29) is 5.91 Å². The van der Waals surface area contributed by atoms with Crippen LogP contribution in [0.2, 0.25) is 0 Å². The van der Waals surface area contributed by atoms with Gasteiger partial charge in [0.05, 0.1) is 18.2 Å². The Kier molecular flexibility index (Phi) is 7.99. The van der Waals surface area contributed by atoms with E-state index in [9.17, 15) is 4.79 Å². The lowest BCUT2D eigenvalue weighted by Gasteiger charge is -2.22. The SMILES string of the molecule is C=CCN(Cc1ccc(C#N)cc1)C(=O)c1ccc(OCc2cccnc2)c(OCC)c1. The van der Waals surface area contributed by atoms with Crippen LogP contribution in [0.15, 0.2) is 79.6 Å². The second-order valence-corrected chi connectivity index (χ2v) is 7.03. The molecular weight excluding hydrogens is 402 g/mol. The van der Waals surface area contributed by atoms with Crippen molar-refractivity contribution in [1.29, 1.82) is 5.26 Å². The Hall–Kier alpha value is -4.11. The van der Waals surface area contributed by atoms with Gasteiger partial charge in [0.15, 0.2) is 11.5 Å². The molecule has 0 aliphatic heterocycles. The molecule has 0 atom stereocenters. The Bertz CT molecular complexity index is 1090. The number of rotatable bonds is 10. The first kappa shape index (κ1) is 22.6. The van der Waals surface area contributed by atoms with Gasteiger partial charge in [-0.3, -0.25) is 9.78 Å². The van der Waals surface area contributed by atoms with Crippen molar-refractivity contribution in [3.63, 3.8) is 0 Å². The summed E-state index contributed by atoms with van der Waals surface area (Å²) >= 11 is 0. The van der Waals surface area contributed by atoms with E-state index in [1.807, 2.05) is 31.2 Å². The molecule has 0 N–H and O–H groups in total. The molecule has 0 spiro atoms. The van der Waals surface area contributed by atoms with Crippen LogP contribution in [0.5, 0.6) is 11.5 Å². The number of hydrogen-bond acceptors (Lipinski definition) is 5. The van der Waals surface area contributed by atoms with Crippen LogP contribution in [0.3, 0.4) is 0 Å². The standard InChI is InChI=1S/C26H25N3O3/c1-3-14-29(18-21-9-7-20(16-27)8-10-21)26(30)23-11-12-24(25(15-23)31-4-2)32-19-22-6-5-13-28-17-22/h3,5-13,15,17H,1,4,14,18-19H2,2H3. The normalized spacial score (nSPS) is 10.1. The van der Waals surface area contributed by atoms with Gasteiger partial charge < -0.3 is 14.4 Å². The minimum atomic E-state index is -0.144. The molecule has 1 aromatic heterocycles. The first-order valence-electron chi connectivity index (χ1n) is 10.3. The van der Waals surface area contributed by atoms with Crippen molar-refractivity contribution in [1.82, 2.24) is 9.88 Å². The van der Waals surface area contributed by atoms with Gasteiger partial charge in [0, 0.05) is 36.6 Å². The molecule has 1 heterocycles. The number of ether oxygens (including phenoxy) is 2. The summed E-state index contributed by atoms with van der Waals surface area (Å²) in [6.45, 7) is 7.25. The van der Waals surface area contributed by atoms with E-state index >= 15 is 0 Å². The van der Waals surface area contributed by atoms with Crippen LogP contribution in [0, 0.1) is 11.3 Å². The van der Waals surface area contributed by atoms with Crippen LogP contribution in [0.25, 0.3) is 0 Å². The number of pyridine rings is 1. The van der Waals surface area contributed by atoms with E-state index < -0.39 is 0 Å². The molecule has 2 aromatic carbocycles. The molecule has 0 radical (unpaired) electrons. The van der Waals surface area contributed by atoms with Crippen molar-refractivity contribution >= 4 is 5.91 Å².